The van der Waals surface area contributed by atoms with Gasteiger partial charge in [-0.15, -0.1) is 0 Å². The number of likely N-dealkylation sites (N-methyl/N-ethyl adjacent to an activating group) is 1. The molecule has 0 bridgehead atoms. The topological polar surface area (TPSA) is 9.23 Å². The molecule has 0 amide bonds. The monoisotopic (exact) mass is 236 g/mol. The highest BCUT2D eigenvalue weighted by atomic mass is 16.5. The van der Waals surface area contributed by atoms with Crippen LogP contribution in [-0.2, 0) is 11.3 Å². The van der Waals surface area contributed by atoms with E-state index < -0.39 is 0 Å². The molecule has 0 aliphatic carbocycles. The summed E-state index contributed by atoms with van der Waals surface area (Å²) in [5, 5.41) is 0. The lowest BCUT2D eigenvalue weighted by Crippen LogP contribution is -2.42. The van der Waals surface area contributed by atoms with Crippen LogP contribution in [0, 0.1) is 0 Å². The highest BCUT2D eigenvalue weighted by molar-refractivity contribution is 5.13. The summed E-state index contributed by atoms with van der Waals surface area (Å²) in [5.74, 6) is 0. The van der Waals surface area contributed by atoms with Gasteiger partial charge in [-0.1, -0.05) is 43.7 Å². The number of nitrogens with zero attached hydrogens (tertiary/aromatic N) is 1. The molecule has 0 aliphatic rings. The zero-order chi connectivity index (χ0) is 12.7. The Morgan fingerprint density at radius 2 is 1.76 bits per heavy atom. The predicted octanol–water partition coefficient (Wildman–Crippen LogP) is 3.08. The molecule has 0 spiro atoms. The van der Waals surface area contributed by atoms with Gasteiger partial charge in [-0.2, -0.15) is 0 Å². The maximum Gasteiger partial charge on any atom is 0.107 e. The highest BCUT2D eigenvalue weighted by Crippen LogP contribution is 2.10. The van der Waals surface area contributed by atoms with Gasteiger partial charge in [0.05, 0.1) is 27.7 Å². The average Bonchev–Trinajstić information content (AvgIpc) is 2.26. The molecule has 0 N–H and O–H groups in total. The van der Waals surface area contributed by atoms with Gasteiger partial charge >= 0.3 is 0 Å². The van der Waals surface area contributed by atoms with Crippen molar-refractivity contribution in [1.29, 1.82) is 0 Å². The van der Waals surface area contributed by atoms with Gasteiger partial charge in [0.2, 0.25) is 0 Å². The van der Waals surface area contributed by atoms with Crippen LogP contribution in [0.4, 0.5) is 0 Å². The fourth-order valence-electron chi connectivity index (χ4n) is 1.95. The van der Waals surface area contributed by atoms with Crippen LogP contribution in [-0.4, -0.2) is 38.3 Å². The lowest BCUT2D eigenvalue weighted by atomic mass is 10.2. The number of benzene rings is 1. The fraction of sp³-hybridized carbons (Fsp3) is 0.600. The number of ether oxygens (including phenoxy) is 1. The second-order valence-electron chi connectivity index (χ2n) is 5.68. The molecule has 1 rings (SSSR count). The first-order valence-corrected chi connectivity index (χ1v) is 6.47. The first kappa shape index (κ1) is 14.2. The predicted molar refractivity (Wildman–Crippen MR) is 72.8 cm³/mol. The third-order valence-electron chi connectivity index (χ3n) is 2.69. The van der Waals surface area contributed by atoms with Crippen LogP contribution in [0.1, 0.15) is 25.3 Å². The molecular formula is C15H26NO+. The maximum atomic E-state index is 6.03. The Labute approximate surface area is 106 Å². The van der Waals surface area contributed by atoms with Gasteiger partial charge in [0.25, 0.3) is 0 Å². The van der Waals surface area contributed by atoms with E-state index in [2.05, 4.69) is 52.3 Å². The summed E-state index contributed by atoms with van der Waals surface area (Å²) in [4.78, 5) is 0. The first-order chi connectivity index (χ1) is 8.01. The average molecular weight is 236 g/mol. The summed E-state index contributed by atoms with van der Waals surface area (Å²) in [6.07, 6.45) is 2.68. The van der Waals surface area contributed by atoms with E-state index in [4.69, 9.17) is 4.74 Å². The molecule has 0 radical (unpaired) electrons. The van der Waals surface area contributed by atoms with E-state index in [0.29, 0.717) is 6.10 Å². The lowest BCUT2D eigenvalue weighted by Gasteiger charge is -2.29. The summed E-state index contributed by atoms with van der Waals surface area (Å²) < 4.78 is 6.99. The van der Waals surface area contributed by atoms with E-state index >= 15 is 0 Å². The third kappa shape index (κ3) is 6.44. The molecule has 0 saturated heterocycles. The van der Waals surface area contributed by atoms with Crippen molar-refractivity contribution in [1.82, 2.24) is 0 Å². The normalized spacial score (nSPS) is 13.6. The molecule has 1 aromatic rings. The largest absolute Gasteiger partial charge is 0.368 e. The van der Waals surface area contributed by atoms with Crippen molar-refractivity contribution in [3.05, 3.63) is 35.9 Å². The van der Waals surface area contributed by atoms with Crippen molar-refractivity contribution < 1.29 is 9.22 Å². The summed E-state index contributed by atoms with van der Waals surface area (Å²) >= 11 is 0. The standard InChI is InChI=1S/C15H26NO/c1-5-9-15(12-16(2,3)4)17-13-14-10-7-6-8-11-14/h6-8,10-11,15H,5,9,12-13H2,1-4H3/q+1. The Balaban J connectivity index is 2.44. The minimum absolute atomic E-state index is 0.361. The zero-order valence-electron chi connectivity index (χ0n) is 11.6. The third-order valence-corrected chi connectivity index (χ3v) is 2.69. The Bertz CT molecular complexity index is 302. The highest BCUT2D eigenvalue weighted by Gasteiger charge is 2.17. The molecule has 2 nitrogen and oxygen atoms in total. The fourth-order valence-corrected chi connectivity index (χ4v) is 1.95. The first-order valence-electron chi connectivity index (χ1n) is 6.47. The van der Waals surface area contributed by atoms with E-state index in [1.54, 1.807) is 0 Å². The molecule has 0 aromatic heterocycles. The quantitative estimate of drug-likeness (QED) is 0.661. The molecule has 1 unspecified atom stereocenters. The van der Waals surface area contributed by atoms with E-state index in [9.17, 15) is 0 Å². The summed E-state index contributed by atoms with van der Waals surface area (Å²) in [7, 11) is 6.65. The molecule has 0 saturated carbocycles. The van der Waals surface area contributed by atoms with Crippen LogP contribution in [0.5, 0.6) is 0 Å². The van der Waals surface area contributed by atoms with Gasteiger partial charge in [0, 0.05) is 0 Å². The molecule has 0 fully saturated rings. The van der Waals surface area contributed by atoms with E-state index in [1.807, 2.05) is 6.07 Å². The summed E-state index contributed by atoms with van der Waals surface area (Å²) in [6, 6.07) is 10.4. The molecule has 1 atom stereocenters. The number of rotatable bonds is 7. The Morgan fingerprint density at radius 3 is 2.29 bits per heavy atom. The van der Waals surface area contributed by atoms with Crippen LogP contribution in [0.15, 0.2) is 30.3 Å². The minimum atomic E-state index is 0.361. The summed E-state index contributed by atoms with van der Waals surface area (Å²) in [5.41, 5.74) is 1.26. The van der Waals surface area contributed by atoms with Crippen LogP contribution >= 0.6 is 0 Å². The van der Waals surface area contributed by atoms with Crippen LogP contribution < -0.4 is 0 Å². The van der Waals surface area contributed by atoms with Crippen molar-refractivity contribution in [3.8, 4) is 0 Å². The van der Waals surface area contributed by atoms with Crippen LogP contribution in [0.25, 0.3) is 0 Å². The minimum Gasteiger partial charge on any atom is -0.368 e. The molecule has 0 heterocycles. The van der Waals surface area contributed by atoms with Crippen LogP contribution in [0.3, 0.4) is 0 Å². The van der Waals surface area contributed by atoms with Crippen molar-refractivity contribution >= 4 is 0 Å². The second kappa shape index (κ2) is 6.77. The van der Waals surface area contributed by atoms with E-state index in [0.717, 1.165) is 24.1 Å². The van der Waals surface area contributed by atoms with Gasteiger partial charge in [-0.05, 0) is 12.0 Å². The Kier molecular flexibility index (Phi) is 5.66. The van der Waals surface area contributed by atoms with Crippen LogP contribution in [0.2, 0.25) is 0 Å². The number of hydrogen-bond acceptors (Lipinski definition) is 1. The van der Waals surface area contributed by atoms with Crippen molar-refractivity contribution in [2.24, 2.45) is 0 Å². The molecule has 2 heteroatoms. The van der Waals surface area contributed by atoms with E-state index in [-0.39, 0.29) is 0 Å². The summed E-state index contributed by atoms with van der Waals surface area (Å²) in [6.45, 7) is 4.01. The van der Waals surface area contributed by atoms with Crippen molar-refractivity contribution in [2.75, 3.05) is 27.7 Å². The van der Waals surface area contributed by atoms with Gasteiger partial charge < -0.3 is 9.22 Å². The SMILES string of the molecule is CCCC(C[N+](C)(C)C)OCc1ccccc1. The molecule has 96 valence electrons. The smallest absolute Gasteiger partial charge is 0.107 e. The number of quaternary nitrogens is 1. The Hall–Kier alpha value is -0.860. The molecular weight excluding hydrogens is 210 g/mol. The zero-order valence-corrected chi connectivity index (χ0v) is 11.6. The maximum absolute atomic E-state index is 6.03. The molecule has 17 heavy (non-hydrogen) atoms. The second-order valence-corrected chi connectivity index (χ2v) is 5.68. The van der Waals surface area contributed by atoms with Gasteiger partial charge in [-0.25, -0.2) is 0 Å². The van der Waals surface area contributed by atoms with Crippen molar-refractivity contribution in [3.63, 3.8) is 0 Å². The van der Waals surface area contributed by atoms with Gasteiger partial charge in [-0.3, -0.25) is 0 Å². The molecule has 0 aliphatic heterocycles. The molecule has 1 aromatic carbocycles. The van der Waals surface area contributed by atoms with Crippen molar-refractivity contribution in [2.45, 2.75) is 32.5 Å². The number of hydrogen-bond donors (Lipinski definition) is 0. The van der Waals surface area contributed by atoms with Gasteiger partial charge in [0.1, 0.15) is 12.6 Å². The lowest BCUT2D eigenvalue weighted by molar-refractivity contribution is -0.873. The van der Waals surface area contributed by atoms with E-state index in [1.165, 1.54) is 12.0 Å². The van der Waals surface area contributed by atoms with Gasteiger partial charge in [0.15, 0.2) is 0 Å². The Morgan fingerprint density at radius 1 is 1.12 bits per heavy atom.